The number of aliphatic hydroxyl groups excluding tert-OH is 1. The third-order valence-corrected chi connectivity index (χ3v) is 6.34. The van der Waals surface area contributed by atoms with Crippen molar-refractivity contribution >= 4 is 38.4 Å². The van der Waals surface area contributed by atoms with Crippen molar-refractivity contribution in [3.05, 3.63) is 57.5 Å². The zero-order valence-corrected chi connectivity index (χ0v) is 16.7. The van der Waals surface area contributed by atoms with Crippen molar-refractivity contribution in [1.82, 2.24) is 15.0 Å². The highest BCUT2D eigenvalue weighted by Crippen LogP contribution is 2.37. The van der Waals surface area contributed by atoms with E-state index in [1.807, 2.05) is 50.5 Å². The highest BCUT2D eigenvalue weighted by atomic mass is 32.1. The standard InChI is InChI=1S/C21H21N3O3S/c1-11-6-16(12(2)19-20(11)24(3)23-22-19)17(9-18(26)27)14-7-13-4-5-28-21(13)15(8-14)10-25/h4-8,17,25H,9-10H2,1-3H3,(H,26,27)/t17-/m1/s1. The summed E-state index contributed by atoms with van der Waals surface area (Å²) >= 11 is 1.58. The number of hydrogen-bond acceptors (Lipinski definition) is 5. The van der Waals surface area contributed by atoms with E-state index in [1.54, 1.807) is 16.0 Å². The molecule has 4 rings (SSSR count). The molecule has 0 radical (unpaired) electrons. The predicted molar refractivity (Wildman–Crippen MR) is 110 cm³/mol. The van der Waals surface area contributed by atoms with Gasteiger partial charge in [-0.1, -0.05) is 17.3 Å². The van der Waals surface area contributed by atoms with Gasteiger partial charge in [-0.25, -0.2) is 4.68 Å². The van der Waals surface area contributed by atoms with E-state index < -0.39 is 5.97 Å². The van der Waals surface area contributed by atoms with Crippen LogP contribution in [0.5, 0.6) is 0 Å². The van der Waals surface area contributed by atoms with E-state index in [0.717, 1.165) is 48.9 Å². The first-order valence-corrected chi connectivity index (χ1v) is 9.90. The van der Waals surface area contributed by atoms with Crippen molar-refractivity contribution in [3.63, 3.8) is 0 Å². The maximum atomic E-state index is 11.7. The van der Waals surface area contributed by atoms with Gasteiger partial charge in [0, 0.05) is 17.7 Å². The highest BCUT2D eigenvalue weighted by molar-refractivity contribution is 7.17. The molecule has 2 heterocycles. The van der Waals surface area contributed by atoms with E-state index in [1.165, 1.54) is 0 Å². The summed E-state index contributed by atoms with van der Waals surface area (Å²) in [5, 5.41) is 30.9. The van der Waals surface area contributed by atoms with Crippen molar-refractivity contribution in [2.45, 2.75) is 32.8 Å². The second-order valence-corrected chi connectivity index (χ2v) is 8.06. The quantitative estimate of drug-likeness (QED) is 0.535. The Balaban J connectivity index is 1.96. The van der Waals surface area contributed by atoms with Crippen LogP contribution >= 0.6 is 11.3 Å². The molecule has 6 nitrogen and oxygen atoms in total. The van der Waals surface area contributed by atoms with Gasteiger partial charge in [-0.3, -0.25) is 4.79 Å². The number of rotatable bonds is 5. The lowest BCUT2D eigenvalue weighted by molar-refractivity contribution is -0.137. The summed E-state index contributed by atoms with van der Waals surface area (Å²) in [5.74, 6) is -1.20. The summed E-state index contributed by atoms with van der Waals surface area (Å²) in [6, 6.07) is 8.02. The lowest BCUT2D eigenvalue weighted by atomic mass is 9.83. The summed E-state index contributed by atoms with van der Waals surface area (Å²) < 4.78 is 2.78. The fourth-order valence-corrected chi connectivity index (χ4v) is 4.93. The third kappa shape index (κ3) is 2.96. The van der Waals surface area contributed by atoms with E-state index in [0.29, 0.717) is 0 Å². The first-order chi connectivity index (χ1) is 13.4. The van der Waals surface area contributed by atoms with Crippen LogP contribution in [0, 0.1) is 13.8 Å². The van der Waals surface area contributed by atoms with Crippen LogP contribution in [0.3, 0.4) is 0 Å². The van der Waals surface area contributed by atoms with Crippen molar-refractivity contribution in [2.24, 2.45) is 7.05 Å². The van der Waals surface area contributed by atoms with Gasteiger partial charge in [0.1, 0.15) is 5.52 Å². The van der Waals surface area contributed by atoms with Crippen molar-refractivity contribution < 1.29 is 15.0 Å². The maximum absolute atomic E-state index is 11.7. The Bertz CT molecular complexity index is 1210. The summed E-state index contributed by atoms with van der Waals surface area (Å²) in [6.45, 7) is 3.89. The molecule has 0 saturated heterocycles. The van der Waals surface area contributed by atoms with Crippen LogP contribution in [0.25, 0.3) is 21.1 Å². The van der Waals surface area contributed by atoms with Crippen LogP contribution in [0.1, 0.15) is 40.2 Å². The predicted octanol–water partition coefficient (Wildman–Crippen LogP) is 3.90. The number of aliphatic hydroxyl groups is 1. The zero-order valence-electron chi connectivity index (χ0n) is 15.9. The van der Waals surface area contributed by atoms with Crippen molar-refractivity contribution in [1.29, 1.82) is 0 Å². The number of aliphatic carboxylic acids is 1. The Morgan fingerprint density at radius 3 is 2.79 bits per heavy atom. The molecule has 1 atom stereocenters. The Labute approximate surface area is 166 Å². The van der Waals surface area contributed by atoms with Gasteiger partial charge in [0.15, 0.2) is 0 Å². The molecule has 2 aromatic carbocycles. The van der Waals surface area contributed by atoms with Crippen LogP contribution in [0.15, 0.2) is 29.6 Å². The zero-order chi connectivity index (χ0) is 20.0. The molecule has 4 aromatic rings. The fraction of sp³-hybridized carbons (Fsp3) is 0.286. The number of fused-ring (bicyclic) bond motifs is 2. The molecule has 0 aliphatic rings. The number of carbonyl (C=O) groups is 1. The molecule has 0 amide bonds. The molecule has 0 unspecified atom stereocenters. The van der Waals surface area contributed by atoms with Crippen LogP contribution in [0.4, 0.5) is 0 Å². The first-order valence-electron chi connectivity index (χ1n) is 9.02. The third-order valence-electron chi connectivity index (χ3n) is 5.34. The smallest absolute Gasteiger partial charge is 0.304 e. The average Bonchev–Trinajstić information content (AvgIpc) is 3.28. The summed E-state index contributed by atoms with van der Waals surface area (Å²) in [6.07, 6.45) is -0.0352. The number of nitrogens with zero attached hydrogens (tertiary/aromatic N) is 3. The summed E-state index contributed by atoms with van der Waals surface area (Å²) in [4.78, 5) is 11.7. The molecule has 2 N–H and O–H groups in total. The van der Waals surface area contributed by atoms with Gasteiger partial charge in [-0.05, 0) is 64.6 Å². The maximum Gasteiger partial charge on any atom is 0.304 e. The first kappa shape index (κ1) is 18.6. The van der Waals surface area contributed by atoms with Crippen LogP contribution in [0.2, 0.25) is 0 Å². The summed E-state index contributed by atoms with van der Waals surface area (Å²) in [7, 11) is 1.86. The molecule has 0 saturated carbocycles. The van der Waals surface area contributed by atoms with Gasteiger partial charge in [-0.2, -0.15) is 0 Å². The van der Waals surface area contributed by atoms with E-state index in [-0.39, 0.29) is 18.9 Å². The van der Waals surface area contributed by atoms with Gasteiger partial charge < -0.3 is 10.2 Å². The number of aryl methyl sites for hydroxylation is 3. The van der Waals surface area contributed by atoms with Gasteiger partial charge >= 0.3 is 5.97 Å². The van der Waals surface area contributed by atoms with E-state index in [9.17, 15) is 15.0 Å². The van der Waals surface area contributed by atoms with Gasteiger partial charge in [0.2, 0.25) is 0 Å². The average molecular weight is 395 g/mol. The van der Waals surface area contributed by atoms with Gasteiger partial charge in [0.05, 0.1) is 18.5 Å². The SMILES string of the molecule is Cc1c([C@H](CC(=O)O)c2cc(CO)c3sccc3c2)cc(C)c2c1nnn2C. The van der Waals surface area contributed by atoms with E-state index in [4.69, 9.17) is 0 Å². The second-order valence-electron chi connectivity index (χ2n) is 7.15. The Morgan fingerprint density at radius 2 is 2.07 bits per heavy atom. The van der Waals surface area contributed by atoms with Crippen molar-refractivity contribution in [3.8, 4) is 0 Å². The minimum Gasteiger partial charge on any atom is -0.481 e. The number of benzene rings is 2. The van der Waals surface area contributed by atoms with Crippen molar-refractivity contribution in [2.75, 3.05) is 0 Å². The lowest BCUT2D eigenvalue weighted by Gasteiger charge is -2.21. The molecule has 7 heteroatoms. The molecule has 0 aliphatic carbocycles. The Kier molecular flexibility index (Phi) is 4.64. The molecule has 144 valence electrons. The van der Waals surface area contributed by atoms with E-state index >= 15 is 0 Å². The number of carboxylic acids is 1. The normalized spacial score (nSPS) is 12.7. The number of hydrogen-bond donors (Lipinski definition) is 2. The highest BCUT2D eigenvalue weighted by Gasteiger charge is 2.24. The molecule has 2 aromatic heterocycles. The minimum atomic E-state index is -0.864. The number of aromatic nitrogens is 3. The molecular formula is C21H21N3O3S. The minimum absolute atomic E-state index is 0.0352. The summed E-state index contributed by atoms with van der Waals surface area (Å²) in [5.41, 5.74) is 6.36. The molecule has 0 bridgehead atoms. The fourth-order valence-electron chi connectivity index (χ4n) is 4.04. The van der Waals surface area contributed by atoms with Crippen LogP contribution in [-0.2, 0) is 18.4 Å². The van der Waals surface area contributed by atoms with E-state index in [2.05, 4.69) is 10.3 Å². The molecule has 0 spiro atoms. The largest absolute Gasteiger partial charge is 0.481 e. The molecule has 0 fully saturated rings. The van der Waals surface area contributed by atoms with Crippen LogP contribution in [-0.4, -0.2) is 31.2 Å². The monoisotopic (exact) mass is 395 g/mol. The lowest BCUT2D eigenvalue weighted by Crippen LogP contribution is -2.11. The van der Waals surface area contributed by atoms with Gasteiger partial charge in [-0.15, -0.1) is 16.4 Å². The molecular weight excluding hydrogens is 374 g/mol. The molecule has 0 aliphatic heterocycles. The number of carboxylic acid groups (broad SMARTS) is 1. The topological polar surface area (TPSA) is 88.2 Å². The van der Waals surface area contributed by atoms with Crippen LogP contribution < -0.4 is 0 Å². The Hall–Kier alpha value is -2.77. The Morgan fingerprint density at radius 1 is 1.29 bits per heavy atom. The van der Waals surface area contributed by atoms with Gasteiger partial charge in [0.25, 0.3) is 0 Å². The molecule has 28 heavy (non-hydrogen) atoms. The second kappa shape index (κ2) is 7.00. The number of thiophene rings is 1.